The number of guanidine groups is 1. The van der Waals surface area contributed by atoms with Gasteiger partial charge in [0.1, 0.15) is 6.54 Å². The number of rotatable bonds is 7. The van der Waals surface area contributed by atoms with Gasteiger partial charge in [-0.3, -0.25) is 9.59 Å². The van der Waals surface area contributed by atoms with Gasteiger partial charge in [0, 0.05) is 35.2 Å². The number of hydrogen-bond acceptors (Lipinski definition) is 3. The Labute approximate surface area is 193 Å². The average molecular weight is 568 g/mol. The number of benzene rings is 1. The molecule has 0 atom stereocenters. The minimum atomic E-state index is -0.290. The summed E-state index contributed by atoms with van der Waals surface area (Å²) in [6, 6.07) is 5.70. The second kappa shape index (κ2) is 13.0. The van der Waals surface area contributed by atoms with Crippen LogP contribution in [-0.2, 0) is 9.59 Å². The van der Waals surface area contributed by atoms with Crippen molar-refractivity contribution in [1.29, 1.82) is 0 Å². The molecule has 2 amide bonds. The molecule has 0 aliphatic heterocycles. The SMILES string of the molecule is CCNC(=NCC(=O)NC(C)(C)C)NCCC(=O)Nc1ccc(Br)cc1C.I. The topological polar surface area (TPSA) is 94.6 Å². The average Bonchev–Trinajstić information content (AvgIpc) is 2.53. The molecule has 28 heavy (non-hydrogen) atoms. The number of aryl methyl sites for hydroxylation is 1. The summed E-state index contributed by atoms with van der Waals surface area (Å²) in [5.74, 6) is 0.270. The molecule has 1 aromatic carbocycles. The van der Waals surface area contributed by atoms with Crippen LogP contribution in [0.4, 0.5) is 5.69 Å². The Morgan fingerprint density at radius 2 is 1.82 bits per heavy atom. The number of carbonyl (C=O) groups is 2. The minimum Gasteiger partial charge on any atom is -0.357 e. The maximum atomic E-state index is 12.1. The molecule has 9 heteroatoms. The number of amides is 2. The highest BCUT2D eigenvalue weighted by Crippen LogP contribution is 2.20. The highest BCUT2D eigenvalue weighted by atomic mass is 127. The molecule has 158 valence electrons. The van der Waals surface area contributed by atoms with Gasteiger partial charge in [-0.15, -0.1) is 24.0 Å². The van der Waals surface area contributed by atoms with E-state index in [0.717, 1.165) is 15.7 Å². The van der Waals surface area contributed by atoms with E-state index in [9.17, 15) is 9.59 Å². The van der Waals surface area contributed by atoms with Gasteiger partial charge in [0.2, 0.25) is 11.8 Å². The summed E-state index contributed by atoms with van der Waals surface area (Å²) in [5.41, 5.74) is 1.50. The second-order valence-electron chi connectivity index (χ2n) is 7.18. The molecule has 0 aliphatic rings. The van der Waals surface area contributed by atoms with E-state index in [2.05, 4.69) is 42.2 Å². The van der Waals surface area contributed by atoms with Crippen molar-refractivity contribution in [2.75, 3.05) is 25.0 Å². The fourth-order valence-corrected chi connectivity index (χ4v) is 2.70. The molecule has 0 bridgehead atoms. The van der Waals surface area contributed by atoms with E-state index >= 15 is 0 Å². The molecule has 1 rings (SSSR count). The molecule has 0 unspecified atom stereocenters. The van der Waals surface area contributed by atoms with Gasteiger partial charge in [-0.2, -0.15) is 0 Å². The summed E-state index contributed by atoms with van der Waals surface area (Å²) < 4.78 is 0.974. The van der Waals surface area contributed by atoms with Gasteiger partial charge in [-0.1, -0.05) is 15.9 Å². The Kier molecular flexibility index (Phi) is 12.3. The largest absolute Gasteiger partial charge is 0.357 e. The van der Waals surface area contributed by atoms with Gasteiger partial charge in [0.15, 0.2) is 5.96 Å². The minimum absolute atomic E-state index is 0. The molecule has 4 N–H and O–H groups in total. The van der Waals surface area contributed by atoms with Gasteiger partial charge in [-0.05, 0) is 58.4 Å². The van der Waals surface area contributed by atoms with Crippen molar-refractivity contribution >= 4 is 63.4 Å². The lowest BCUT2D eigenvalue weighted by atomic mass is 10.1. The first-order chi connectivity index (χ1) is 12.6. The van der Waals surface area contributed by atoms with Crippen LogP contribution in [0, 0.1) is 6.92 Å². The summed E-state index contributed by atoms with van der Waals surface area (Å²) in [6.45, 7) is 10.7. The Hall–Kier alpha value is -1.36. The fraction of sp³-hybridized carbons (Fsp3) is 0.526. The Morgan fingerprint density at radius 1 is 1.14 bits per heavy atom. The molecule has 0 aliphatic carbocycles. The lowest BCUT2D eigenvalue weighted by Crippen LogP contribution is -2.43. The molecule has 0 saturated carbocycles. The normalized spacial score (nSPS) is 11.3. The van der Waals surface area contributed by atoms with E-state index < -0.39 is 0 Å². The highest BCUT2D eigenvalue weighted by molar-refractivity contribution is 14.0. The maximum absolute atomic E-state index is 12.1. The van der Waals surface area contributed by atoms with E-state index in [4.69, 9.17) is 0 Å². The smallest absolute Gasteiger partial charge is 0.242 e. The molecule has 0 heterocycles. The van der Waals surface area contributed by atoms with Gasteiger partial charge >= 0.3 is 0 Å². The van der Waals surface area contributed by atoms with Gasteiger partial charge in [-0.25, -0.2) is 4.99 Å². The van der Waals surface area contributed by atoms with Crippen molar-refractivity contribution in [3.05, 3.63) is 28.2 Å². The molecule has 0 saturated heterocycles. The molecular formula is C19H31BrIN5O2. The van der Waals surface area contributed by atoms with Crippen molar-refractivity contribution in [2.45, 2.75) is 46.6 Å². The Morgan fingerprint density at radius 3 is 2.39 bits per heavy atom. The summed E-state index contributed by atoms with van der Waals surface area (Å²) >= 11 is 3.40. The van der Waals surface area contributed by atoms with E-state index in [1.165, 1.54) is 0 Å². The third-order valence-corrected chi connectivity index (χ3v) is 3.84. The van der Waals surface area contributed by atoms with Crippen LogP contribution >= 0.6 is 39.9 Å². The number of anilines is 1. The first-order valence-electron chi connectivity index (χ1n) is 9.00. The van der Waals surface area contributed by atoms with E-state index in [1.54, 1.807) is 0 Å². The van der Waals surface area contributed by atoms with Gasteiger partial charge < -0.3 is 21.3 Å². The number of carbonyl (C=O) groups excluding carboxylic acids is 2. The van der Waals surface area contributed by atoms with Crippen LogP contribution in [0.2, 0.25) is 0 Å². The predicted octanol–water partition coefficient (Wildman–Crippen LogP) is 3.17. The zero-order chi connectivity index (χ0) is 20.4. The monoisotopic (exact) mass is 567 g/mol. The molecule has 0 spiro atoms. The van der Waals surface area contributed by atoms with Crippen molar-refractivity contribution < 1.29 is 9.59 Å². The maximum Gasteiger partial charge on any atom is 0.242 e. The quantitative estimate of drug-likeness (QED) is 0.231. The lowest BCUT2D eigenvalue weighted by Gasteiger charge is -2.20. The van der Waals surface area contributed by atoms with Crippen molar-refractivity contribution in [1.82, 2.24) is 16.0 Å². The van der Waals surface area contributed by atoms with Crippen LogP contribution in [0.5, 0.6) is 0 Å². The number of nitrogens with one attached hydrogen (secondary N) is 4. The molecule has 7 nitrogen and oxygen atoms in total. The van der Waals surface area contributed by atoms with Crippen LogP contribution in [0.3, 0.4) is 0 Å². The first kappa shape index (κ1) is 26.6. The summed E-state index contributed by atoms with van der Waals surface area (Å²) in [6.07, 6.45) is 0.286. The number of hydrogen-bond donors (Lipinski definition) is 4. The Balaban J connectivity index is 0.00000729. The van der Waals surface area contributed by atoms with E-state index in [0.29, 0.717) is 19.0 Å². The third-order valence-electron chi connectivity index (χ3n) is 3.35. The van der Waals surface area contributed by atoms with Crippen LogP contribution in [0.15, 0.2) is 27.7 Å². The van der Waals surface area contributed by atoms with Crippen molar-refractivity contribution in [2.24, 2.45) is 4.99 Å². The van der Waals surface area contributed by atoms with Gasteiger partial charge in [0.05, 0.1) is 0 Å². The molecular weight excluding hydrogens is 537 g/mol. The standard InChI is InChI=1S/C19H30BrN5O2.HI/c1-6-21-18(23-12-17(27)25-19(3,4)5)22-10-9-16(26)24-15-8-7-14(20)11-13(15)2;/h7-8,11H,6,9-10,12H2,1-5H3,(H,24,26)(H,25,27)(H2,21,22,23);1H. The summed E-state index contributed by atoms with van der Waals surface area (Å²) in [4.78, 5) is 28.2. The van der Waals surface area contributed by atoms with Crippen molar-refractivity contribution in [3.8, 4) is 0 Å². The lowest BCUT2D eigenvalue weighted by molar-refractivity contribution is -0.121. The molecule has 0 aromatic heterocycles. The summed E-state index contributed by atoms with van der Waals surface area (Å²) in [7, 11) is 0. The van der Waals surface area contributed by atoms with Crippen LogP contribution in [0.1, 0.15) is 39.7 Å². The fourth-order valence-electron chi connectivity index (χ4n) is 2.22. The Bertz CT molecular complexity index is 689. The number of nitrogens with zero attached hydrogens (tertiary/aromatic N) is 1. The predicted molar refractivity (Wildman–Crippen MR) is 129 cm³/mol. The third kappa shape index (κ3) is 11.5. The highest BCUT2D eigenvalue weighted by Gasteiger charge is 2.13. The second-order valence-corrected chi connectivity index (χ2v) is 8.09. The zero-order valence-corrected chi connectivity index (χ0v) is 21.0. The molecule has 1 aromatic rings. The number of aliphatic imine (C=N–C) groups is 1. The number of halogens is 2. The van der Waals surface area contributed by atoms with Crippen LogP contribution in [-0.4, -0.2) is 42.9 Å². The van der Waals surface area contributed by atoms with E-state index in [-0.39, 0.29) is 54.3 Å². The van der Waals surface area contributed by atoms with E-state index in [1.807, 2.05) is 52.8 Å². The zero-order valence-electron chi connectivity index (χ0n) is 17.1. The molecule has 0 radical (unpaired) electrons. The molecule has 0 fully saturated rings. The van der Waals surface area contributed by atoms with Crippen LogP contribution in [0.25, 0.3) is 0 Å². The van der Waals surface area contributed by atoms with Crippen molar-refractivity contribution in [3.63, 3.8) is 0 Å². The summed E-state index contributed by atoms with van der Waals surface area (Å²) in [5, 5.41) is 11.9. The van der Waals surface area contributed by atoms with Gasteiger partial charge in [0.25, 0.3) is 0 Å². The first-order valence-corrected chi connectivity index (χ1v) is 9.79. The van der Waals surface area contributed by atoms with Crippen LogP contribution < -0.4 is 21.3 Å².